The summed E-state index contributed by atoms with van der Waals surface area (Å²) in [5.74, 6) is -7.66. The van der Waals surface area contributed by atoms with Gasteiger partial charge in [-0.15, -0.1) is 0 Å². The molecule has 0 radical (unpaired) electrons. The van der Waals surface area contributed by atoms with Crippen LogP contribution in [0.25, 0.3) is 0 Å². The van der Waals surface area contributed by atoms with Gasteiger partial charge in [-0.2, -0.15) is 13.2 Å². The summed E-state index contributed by atoms with van der Waals surface area (Å²) in [7, 11) is 0. The zero-order chi connectivity index (χ0) is 24.3. The number of benzene rings is 2. The number of rotatable bonds is 8. The largest absolute Gasteiger partial charge is 0.491 e. The third kappa shape index (κ3) is 4.89. The third-order valence-corrected chi connectivity index (χ3v) is 5.04. The lowest BCUT2D eigenvalue weighted by atomic mass is 9.99. The number of hydrogen-bond acceptors (Lipinski definition) is 3. The Balaban J connectivity index is 1.87. The van der Waals surface area contributed by atoms with Crippen molar-refractivity contribution in [2.75, 3.05) is 6.61 Å². The molecule has 0 unspecified atom stereocenters. The van der Waals surface area contributed by atoms with Gasteiger partial charge in [-0.1, -0.05) is 38.6 Å². The van der Waals surface area contributed by atoms with Crippen molar-refractivity contribution in [2.45, 2.75) is 39.7 Å². The summed E-state index contributed by atoms with van der Waals surface area (Å²) < 4.78 is 87.9. The van der Waals surface area contributed by atoms with Crippen LogP contribution >= 0.6 is 0 Å². The normalized spacial score (nSPS) is 14.5. The van der Waals surface area contributed by atoms with Crippen molar-refractivity contribution in [2.24, 2.45) is 0 Å². The van der Waals surface area contributed by atoms with Crippen molar-refractivity contribution in [3.05, 3.63) is 94.2 Å². The molecule has 0 saturated heterocycles. The van der Waals surface area contributed by atoms with Gasteiger partial charge in [0.1, 0.15) is 6.61 Å². The number of hydrogen-bond donors (Lipinski definition) is 0. The van der Waals surface area contributed by atoms with Gasteiger partial charge in [0, 0.05) is 17.5 Å². The second kappa shape index (κ2) is 10.1. The highest BCUT2D eigenvalue weighted by molar-refractivity contribution is 5.52. The molecule has 1 heterocycles. The first-order valence-electron chi connectivity index (χ1n) is 10.4. The predicted molar refractivity (Wildman–Crippen MR) is 113 cm³/mol. The fourth-order valence-corrected chi connectivity index (χ4v) is 3.39. The van der Waals surface area contributed by atoms with E-state index in [1.54, 1.807) is 6.92 Å². The van der Waals surface area contributed by atoms with Gasteiger partial charge in [-0.25, -0.2) is 8.78 Å². The molecule has 3 rings (SSSR count). The lowest BCUT2D eigenvalue weighted by Gasteiger charge is -2.24. The van der Waals surface area contributed by atoms with Crippen molar-refractivity contribution >= 4 is 0 Å². The second-order valence-electron chi connectivity index (χ2n) is 7.42. The van der Waals surface area contributed by atoms with Crippen LogP contribution in [0, 0.1) is 23.3 Å². The summed E-state index contributed by atoms with van der Waals surface area (Å²) >= 11 is 0. The number of fused-ring (bicyclic) bond motifs is 1. The van der Waals surface area contributed by atoms with Crippen molar-refractivity contribution < 1.29 is 36.2 Å². The van der Waals surface area contributed by atoms with Crippen molar-refractivity contribution in [3.63, 3.8) is 0 Å². The maximum absolute atomic E-state index is 14.7. The molecule has 0 amide bonds. The van der Waals surface area contributed by atoms with Gasteiger partial charge in [0.25, 0.3) is 0 Å². The topological polar surface area (TPSA) is 27.7 Å². The van der Waals surface area contributed by atoms with Gasteiger partial charge in [-0.05, 0) is 30.5 Å². The maximum Gasteiger partial charge on any atom is 0.207 e. The lowest BCUT2D eigenvalue weighted by Crippen LogP contribution is -2.15. The van der Waals surface area contributed by atoms with Crippen LogP contribution in [-0.4, -0.2) is 6.61 Å². The summed E-state index contributed by atoms with van der Waals surface area (Å²) in [5, 5.41) is 0. The van der Waals surface area contributed by atoms with Gasteiger partial charge in [-0.3, -0.25) is 0 Å². The van der Waals surface area contributed by atoms with Crippen LogP contribution in [0.2, 0.25) is 0 Å². The molecule has 0 N–H and O–H groups in total. The summed E-state index contributed by atoms with van der Waals surface area (Å²) in [6.45, 7) is 10.2. The van der Waals surface area contributed by atoms with E-state index in [0.29, 0.717) is 12.8 Å². The van der Waals surface area contributed by atoms with Crippen LogP contribution < -0.4 is 9.47 Å². The van der Waals surface area contributed by atoms with Crippen molar-refractivity contribution in [1.82, 2.24) is 0 Å². The fourth-order valence-electron chi connectivity index (χ4n) is 3.39. The SMILES string of the molecule is C=C(OCC)/C(F)=C1/Oc2c(cc(OCc3ccc(CCC)c(F)c3F)c(F)c2F)CC1=C. The average Bonchev–Trinajstić information content (AvgIpc) is 2.79. The van der Waals surface area contributed by atoms with E-state index in [-0.39, 0.29) is 41.1 Å². The minimum Gasteiger partial charge on any atom is -0.491 e. The molecule has 0 spiro atoms. The first-order chi connectivity index (χ1) is 15.7. The molecule has 2 aromatic rings. The Morgan fingerprint density at radius 2 is 1.70 bits per heavy atom. The summed E-state index contributed by atoms with van der Waals surface area (Å²) in [5.41, 5.74) is 0.380. The molecule has 0 saturated carbocycles. The molecule has 176 valence electrons. The average molecular weight is 466 g/mol. The van der Waals surface area contributed by atoms with Crippen LogP contribution in [-0.2, 0) is 24.2 Å². The van der Waals surface area contributed by atoms with Gasteiger partial charge >= 0.3 is 0 Å². The highest BCUT2D eigenvalue weighted by atomic mass is 19.2. The van der Waals surface area contributed by atoms with Crippen LogP contribution in [0.3, 0.4) is 0 Å². The zero-order valence-corrected chi connectivity index (χ0v) is 18.3. The molecule has 3 nitrogen and oxygen atoms in total. The van der Waals surface area contributed by atoms with E-state index in [4.69, 9.17) is 14.2 Å². The minimum atomic E-state index is -1.41. The van der Waals surface area contributed by atoms with Crippen LogP contribution in [0.4, 0.5) is 22.0 Å². The molecule has 2 aromatic carbocycles. The molecular weight excluding hydrogens is 443 g/mol. The van der Waals surface area contributed by atoms with Crippen molar-refractivity contribution in [1.29, 1.82) is 0 Å². The first kappa shape index (κ1) is 24.4. The Morgan fingerprint density at radius 3 is 2.36 bits per heavy atom. The number of allylic oxidation sites excluding steroid dienone is 2. The summed E-state index contributed by atoms with van der Waals surface area (Å²) in [6.07, 6.45) is 0.937. The first-order valence-corrected chi connectivity index (χ1v) is 10.4. The van der Waals surface area contributed by atoms with Crippen LogP contribution in [0.5, 0.6) is 11.5 Å². The quantitative estimate of drug-likeness (QED) is 0.310. The van der Waals surface area contributed by atoms with E-state index in [1.165, 1.54) is 12.1 Å². The van der Waals surface area contributed by atoms with Gasteiger partial charge < -0.3 is 14.2 Å². The second-order valence-corrected chi connectivity index (χ2v) is 7.42. The fraction of sp³-hybridized carbons (Fsp3) is 0.280. The standard InChI is InChI=1S/C25H23F5O3/c1-5-7-15-8-9-16(21(28)20(15)27)12-32-18-11-17-10-13(3)24(19(26)14(4)31-6-2)33-25(17)23(30)22(18)29/h8-9,11H,3-7,10,12H2,1-2H3/b24-19-. The van der Waals surface area contributed by atoms with Gasteiger partial charge in [0.2, 0.25) is 17.5 Å². The number of ether oxygens (including phenoxy) is 3. The Labute approximate surface area is 188 Å². The molecule has 0 aromatic heterocycles. The third-order valence-electron chi connectivity index (χ3n) is 5.04. The monoisotopic (exact) mass is 466 g/mol. The van der Waals surface area contributed by atoms with E-state index in [1.807, 2.05) is 6.92 Å². The Kier molecular flexibility index (Phi) is 7.46. The Bertz CT molecular complexity index is 1140. The van der Waals surface area contributed by atoms with E-state index in [2.05, 4.69) is 13.2 Å². The van der Waals surface area contributed by atoms with Crippen molar-refractivity contribution in [3.8, 4) is 11.5 Å². The molecule has 1 aliphatic heterocycles. The maximum atomic E-state index is 14.7. The highest BCUT2D eigenvalue weighted by Gasteiger charge is 2.30. The Morgan fingerprint density at radius 1 is 1.03 bits per heavy atom. The Hall–Kier alpha value is -3.29. The molecular formula is C25H23F5O3. The lowest BCUT2D eigenvalue weighted by molar-refractivity contribution is 0.220. The molecule has 0 bridgehead atoms. The smallest absolute Gasteiger partial charge is 0.207 e. The highest BCUT2D eigenvalue weighted by Crippen LogP contribution is 2.41. The number of halogens is 5. The van der Waals surface area contributed by atoms with E-state index >= 15 is 0 Å². The molecule has 0 atom stereocenters. The predicted octanol–water partition coefficient (Wildman–Crippen LogP) is 7.00. The van der Waals surface area contributed by atoms with E-state index in [9.17, 15) is 22.0 Å². The molecule has 0 aliphatic carbocycles. The molecule has 8 heteroatoms. The molecule has 0 fully saturated rings. The summed E-state index contributed by atoms with van der Waals surface area (Å²) in [4.78, 5) is 0. The zero-order valence-electron chi connectivity index (χ0n) is 18.3. The molecule has 1 aliphatic rings. The van der Waals surface area contributed by atoms with Crippen LogP contribution in [0.1, 0.15) is 37.0 Å². The minimum absolute atomic E-state index is 0.0697. The summed E-state index contributed by atoms with van der Waals surface area (Å²) in [6, 6.07) is 3.93. The van der Waals surface area contributed by atoms with Gasteiger partial charge in [0.15, 0.2) is 34.7 Å². The van der Waals surface area contributed by atoms with E-state index in [0.717, 1.165) is 6.07 Å². The molecule has 33 heavy (non-hydrogen) atoms. The van der Waals surface area contributed by atoms with Crippen LogP contribution in [0.15, 0.2) is 54.3 Å². The van der Waals surface area contributed by atoms with E-state index < -0.39 is 53.0 Å². The number of aryl methyl sites for hydroxylation is 1. The van der Waals surface area contributed by atoms with Gasteiger partial charge in [0.05, 0.1) is 6.61 Å².